The van der Waals surface area contributed by atoms with Gasteiger partial charge in [-0.1, -0.05) is 230 Å². The van der Waals surface area contributed by atoms with E-state index >= 15 is 0 Å². The minimum Gasteiger partial charge on any atom is -0.462 e. The predicted molar refractivity (Wildman–Crippen MR) is 270 cm³/mol. The minimum atomic E-state index is -0.781. The van der Waals surface area contributed by atoms with Gasteiger partial charge in [-0.3, -0.25) is 14.4 Å². The molecule has 6 nitrogen and oxygen atoms in total. The molecule has 0 heterocycles. The highest BCUT2D eigenvalue weighted by Gasteiger charge is 2.19. The summed E-state index contributed by atoms with van der Waals surface area (Å²) in [6, 6.07) is 0. The molecule has 0 spiro atoms. The number of hydrogen-bond donors (Lipinski definition) is 0. The van der Waals surface area contributed by atoms with E-state index in [2.05, 4.69) is 69.4 Å². The zero-order chi connectivity index (χ0) is 45.8. The van der Waals surface area contributed by atoms with Crippen LogP contribution in [0.3, 0.4) is 0 Å². The number of hydrogen-bond acceptors (Lipinski definition) is 6. The molecule has 1 atom stereocenters. The molecule has 0 aromatic heterocycles. The first-order chi connectivity index (χ1) is 31.0. The summed E-state index contributed by atoms with van der Waals surface area (Å²) in [5.74, 6) is -0.898. The van der Waals surface area contributed by atoms with Crippen LogP contribution >= 0.6 is 0 Å². The Labute approximate surface area is 390 Å². The molecular formula is C57H102O6. The fourth-order valence-electron chi connectivity index (χ4n) is 7.69. The van der Waals surface area contributed by atoms with Gasteiger partial charge in [-0.25, -0.2) is 0 Å². The summed E-state index contributed by atoms with van der Waals surface area (Å²) in [7, 11) is 0. The summed E-state index contributed by atoms with van der Waals surface area (Å²) in [6.07, 6.45) is 62.3. The van der Waals surface area contributed by atoms with Gasteiger partial charge in [0.15, 0.2) is 6.10 Å². The van der Waals surface area contributed by atoms with Crippen LogP contribution < -0.4 is 0 Å². The maximum atomic E-state index is 12.8. The summed E-state index contributed by atoms with van der Waals surface area (Å²) in [5, 5.41) is 0. The molecule has 63 heavy (non-hydrogen) atoms. The highest BCUT2D eigenvalue weighted by Crippen LogP contribution is 2.16. The van der Waals surface area contributed by atoms with Crippen molar-refractivity contribution in [1.82, 2.24) is 0 Å². The van der Waals surface area contributed by atoms with E-state index in [0.717, 1.165) is 103 Å². The summed E-state index contributed by atoms with van der Waals surface area (Å²) in [6.45, 7) is 6.56. The van der Waals surface area contributed by atoms with Crippen molar-refractivity contribution in [2.75, 3.05) is 13.2 Å². The van der Waals surface area contributed by atoms with E-state index in [0.29, 0.717) is 19.3 Å². The zero-order valence-corrected chi connectivity index (χ0v) is 41.8. The lowest BCUT2D eigenvalue weighted by atomic mass is 10.0. The van der Waals surface area contributed by atoms with Crippen LogP contribution in [0.4, 0.5) is 0 Å². The number of esters is 3. The van der Waals surface area contributed by atoms with Gasteiger partial charge in [-0.2, -0.15) is 0 Å². The molecule has 1 unspecified atom stereocenters. The number of rotatable bonds is 49. The molecule has 0 bridgehead atoms. The summed E-state index contributed by atoms with van der Waals surface area (Å²) >= 11 is 0. The van der Waals surface area contributed by atoms with Crippen LogP contribution in [0.1, 0.15) is 278 Å². The van der Waals surface area contributed by atoms with Crippen LogP contribution in [-0.4, -0.2) is 37.2 Å². The van der Waals surface area contributed by atoms with Gasteiger partial charge in [0, 0.05) is 19.3 Å². The van der Waals surface area contributed by atoms with E-state index < -0.39 is 6.10 Å². The molecule has 0 amide bonds. The lowest BCUT2D eigenvalue weighted by Crippen LogP contribution is -2.30. The van der Waals surface area contributed by atoms with Crippen molar-refractivity contribution in [2.24, 2.45) is 0 Å². The third kappa shape index (κ3) is 50.2. The first-order valence-electron chi connectivity index (χ1n) is 27.1. The van der Waals surface area contributed by atoms with Crippen LogP contribution in [0.2, 0.25) is 0 Å². The summed E-state index contributed by atoms with van der Waals surface area (Å²) in [5.41, 5.74) is 0. The molecule has 6 heteroatoms. The fraction of sp³-hybridized carbons (Fsp3) is 0.807. The van der Waals surface area contributed by atoms with Crippen molar-refractivity contribution in [1.29, 1.82) is 0 Å². The molecule has 0 fully saturated rings. The highest BCUT2D eigenvalue weighted by atomic mass is 16.6. The standard InChI is InChI=1S/C57H102O6/c1-4-7-10-13-16-19-22-25-27-29-32-35-38-41-44-47-50-56(59)62-53-54(52-61-55(58)49-46-43-40-37-34-31-24-21-18-15-12-9-6-3)63-57(60)51-48-45-42-39-36-33-30-28-26-23-20-17-14-11-8-5-2/h12,15,19,21-22,24,27,29,54H,4-11,13-14,16-18,20,23,25-26,28,30-53H2,1-3H3/b15-12-,22-19-,24-21-,29-27-. The number of carbonyl (C=O) groups is 3. The van der Waals surface area contributed by atoms with Gasteiger partial charge in [0.2, 0.25) is 0 Å². The first-order valence-corrected chi connectivity index (χ1v) is 27.1. The van der Waals surface area contributed by atoms with Crippen molar-refractivity contribution >= 4 is 17.9 Å². The van der Waals surface area contributed by atoms with Crippen molar-refractivity contribution in [3.8, 4) is 0 Å². The average molecular weight is 883 g/mol. The average Bonchev–Trinajstić information content (AvgIpc) is 3.28. The molecule has 0 radical (unpaired) electrons. The number of unbranched alkanes of at least 4 members (excludes halogenated alkanes) is 30. The third-order valence-corrected chi connectivity index (χ3v) is 11.8. The Bertz CT molecular complexity index is 1110. The van der Waals surface area contributed by atoms with Gasteiger partial charge >= 0.3 is 17.9 Å². The number of carbonyl (C=O) groups excluding carboxylic acids is 3. The van der Waals surface area contributed by atoms with Crippen LogP contribution in [0.5, 0.6) is 0 Å². The van der Waals surface area contributed by atoms with Gasteiger partial charge in [0.25, 0.3) is 0 Å². The summed E-state index contributed by atoms with van der Waals surface area (Å²) < 4.78 is 16.8. The Balaban J connectivity index is 4.39. The van der Waals surface area contributed by atoms with Crippen LogP contribution in [-0.2, 0) is 28.6 Å². The monoisotopic (exact) mass is 883 g/mol. The second kappa shape index (κ2) is 52.0. The second-order valence-electron chi connectivity index (χ2n) is 18.1. The lowest BCUT2D eigenvalue weighted by Gasteiger charge is -2.18. The molecular weight excluding hydrogens is 781 g/mol. The van der Waals surface area contributed by atoms with E-state index in [1.165, 1.54) is 135 Å². The Hall–Kier alpha value is -2.63. The maximum absolute atomic E-state index is 12.8. The van der Waals surface area contributed by atoms with Crippen LogP contribution in [0.15, 0.2) is 48.6 Å². The van der Waals surface area contributed by atoms with Gasteiger partial charge in [-0.15, -0.1) is 0 Å². The molecule has 0 aliphatic heterocycles. The van der Waals surface area contributed by atoms with Crippen molar-refractivity contribution < 1.29 is 28.6 Å². The van der Waals surface area contributed by atoms with E-state index in [9.17, 15) is 14.4 Å². The molecule has 0 rings (SSSR count). The van der Waals surface area contributed by atoms with Crippen molar-refractivity contribution in [3.05, 3.63) is 48.6 Å². The number of allylic oxidation sites excluding steroid dienone is 8. The number of ether oxygens (including phenoxy) is 3. The Morgan fingerprint density at radius 3 is 0.952 bits per heavy atom. The van der Waals surface area contributed by atoms with Gasteiger partial charge < -0.3 is 14.2 Å². The normalized spacial score (nSPS) is 12.4. The molecule has 0 aliphatic rings. The fourth-order valence-corrected chi connectivity index (χ4v) is 7.69. The van der Waals surface area contributed by atoms with Crippen LogP contribution in [0, 0.1) is 0 Å². The van der Waals surface area contributed by atoms with E-state index in [1.54, 1.807) is 0 Å². The Morgan fingerprint density at radius 1 is 0.317 bits per heavy atom. The molecule has 0 aliphatic carbocycles. The Kier molecular flexibility index (Phi) is 49.8. The molecule has 0 saturated heterocycles. The van der Waals surface area contributed by atoms with Crippen molar-refractivity contribution in [2.45, 2.75) is 284 Å². The highest BCUT2D eigenvalue weighted by molar-refractivity contribution is 5.71. The van der Waals surface area contributed by atoms with E-state index in [-0.39, 0.29) is 31.1 Å². The zero-order valence-electron chi connectivity index (χ0n) is 41.8. The van der Waals surface area contributed by atoms with Gasteiger partial charge in [0.1, 0.15) is 13.2 Å². The first kappa shape index (κ1) is 60.4. The topological polar surface area (TPSA) is 78.9 Å². The van der Waals surface area contributed by atoms with E-state index in [4.69, 9.17) is 14.2 Å². The quantitative estimate of drug-likeness (QED) is 0.0262. The molecule has 366 valence electrons. The minimum absolute atomic E-state index is 0.0827. The molecule has 0 aromatic carbocycles. The Morgan fingerprint density at radius 2 is 0.603 bits per heavy atom. The molecule has 0 N–H and O–H groups in total. The maximum Gasteiger partial charge on any atom is 0.306 e. The van der Waals surface area contributed by atoms with Crippen molar-refractivity contribution in [3.63, 3.8) is 0 Å². The summed E-state index contributed by atoms with van der Waals surface area (Å²) in [4.78, 5) is 38.0. The van der Waals surface area contributed by atoms with E-state index in [1.807, 2.05) is 0 Å². The largest absolute Gasteiger partial charge is 0.462 e. The third-order valence-electron chi connectivity index (χ3n) is 11.8. The SMILES string of the molecule is CCC/C=C\C/C=C\CCCCCCCC(=O)OCC(COC(=O)CCCCCCC/C=C\C/C=C\CCCCCC)OC(=O)CCCCCCCCCCCCCCCCCC. The predicted octanol–water partition coefficient (Wildman–Crippen LogP) is 17.9. The molecule has 0 aromatic rings. The van der Waals surface area contributed by atoms with Crippen LogP contribution in [0.25, 0.3) is 0 Å². The smallest absolute Gasteiger partial charge is 0.306 e. The second-order valence-corrected chi connectivity index (χ2v) is 18.1. The van der Waals surface area contributed by atoms with Gasteiger partial charge in [-0.05, 0) is 77.0 Å². The lowest BCUT2D eigenvalue weighted by molar-refractivity contribution is -0.167. The van der Waals surface area contributed by atoms with Gasteiger partial charge in [0.05, 0.1) is 0 Å². The molecule has 0 saturated carbocycles.